The van der Waals surface area contributed by atoms with Crippen LogP contribution in [-0.4, -0.2) is 55.0 Å². The maximum absolute atomic E-state index is 12.2. The van der Waals surface area contributed by atoms with Gasteiger partial charge in [0.25, 0.3) is 0 Å². The van der Waals surface area contributed by atoms with Crippen LogP contribution in [0.25, 0.3) is 11.6 Å². The van der Waals surface area contributed by atoms with Gasteiger partial charge >= 0.3 is 6.09 Å². The highest BCUT2D eigenvalue weighted by atomic mass is 16.6. The van der Waals surface area contributed by atoms with Crippen molar-refractivity contribution >= 4 is 24.0 Å². The van der Waals surface area contributed by atoms with Crippen LogP contribution in [0.1, 0.15) is 58.1 Å². The molecule has 1 aromatic carbocycles. The van der Waals surface area contributed by atoms with Gasteiger partial charge in [-0.2, -0.15) is 0 Å². The van der Waals surface area contributed by atoms with Crippen LogP contribution in [0.15, 0.2) is 41.0 Å². The van der Waals surface area contributed by atoms with Crippen LogP contribution in [0.5, 0.6) is 0 Å². The average molecular weight is 439 g/mol. The molecule has 1 saturated carbocycles. The molecule has 2 aliphatic rings. The Hall–Kier alpha value is -2.60. The van der Waals surface area contributed by atoms with Gasteiger partial charge in [0, 0.05) is 50.2 Å². The van der Waals surface area contributed by atoms with E-state index >= 15 is 0 Å². The summed E-state index contributed by atoms with van der Waals surface area (Å²) in [6.45, 7) is 9.46. The summed E-state index contributed by atoms with van der Waals surface area (Å²) in [7, 11) is 1.74. The van der Waals surface area contributed by atoms with E-state index in [1.54, 1.807) is 19.5 Å². The largest absolute Gasteiger partial charge is 0.444 e. The predicted octanol–water partition coefficient (Wildman–Crippen LogP) is 4.47. The van der Waals surface area contributed by atoms with Crippen molar-refractivity contribution in [2.45, 2.75) is 64.6 Å². The van der Waals surface area contributed by atoms with Crippen LogP contribution >= 0.6 is 0 Å². The van der Waals surface area contributed by atoms with Crippen molar-refractivity contribution in [3.05, 3.63) is 47.2 Å². The minimum atomic E-state index is -0.440. The standard InChI is InChI=1S/C26H38N4O2/c1-18(14-19-6-8-20(9-7-19)21(16-27)17-28-5)23-15-24(23)29-22-10-12-30(13-11-22)25(31)32-26(2,3)4/h6-9,14,16-17,22-24,29H,10-13,15,27H2,1-5H3/b18-14+,21-16?,28-17?/t23-,24?/m0/s1. The lowest BCUT2D eigenvalue weighted by atomic mass is 10.0. The lowest BCUT2D eigenvalue weighted by Crippen LogP contribution is -2.47. The molecule has 0 spiro atoms. The molecule has 2 atom stereocenters. The van der Waals surface area contributed by atoms with E-state index in [4.69, 9.17) is 10.5 Å². The smallest absolute Gasteiger partial charge is 0.410 e. The summed E-state index contributed by atoms with van der Waals surface area (Å²) in [5, 5.41) is 3.81. The van der Waals surface area contributed by atoms with E-state index < -0.39 is 5.60 Å². The summed E-state index contributed by atoms with van der Waals surface area (Å²) in [5.41, 5.74) is 9.86. The number of benzene rings is 1. The molecule has 1 aromatic rings. The summed E-state index contributed by atoms with van der Waals surface area (Å²) in [6, 6.07) is 9.43. The molecule has 0 radical (unpaired) electrons. The Balaban J connectivity index is 1.47. The Morgan fingerprint density at radius 3 is 2.44 bits per heavy atom. The van der Waals surface area contributed by atoms with Gasteiger partial charge in [0.05, 0.1) is 0 Å². The van der Waals surface area contributed by atoms with Crippen LogP contribution in [0, 0.1) is 5.92 Å². The minimum absolute atomic E-state index is 0.193. The highest BCUT2D eigenvalue weighted by Crippen LogP contribution is 2.39. The minimum Gasteiger partial charge on any atom is -0.444 e. The molecule has 1 aliphatic carbocycles. The molecule has 6 nitrogen and oxygen atoms in total. The number of aliphatic imine (C=N–C) groups is 1. The first kappa shape index (κ1) is 24.1. The number of nitrogens with zero attached hydrogens (tertiary/aromatic N) is 2. The van der Waals surface area contributed by atoms with Crippen molar-refractivity contribution in [2.24, 2.45) is 16.6 Å². The van der Waals surface area contributed by atoms with Crippen LogP contribution in [-0.2, 0) is 4.74 Å². The van der Waals surface area contributed by atoms with Gasteiger partial charge in [-0.05, 0) is 64.0 Å². The molecule has 1 amide bonds. The van der Waals surface area contributed by atoms with E-state index in [2.05, 4.69) is 47.6 Å². The number of piperidine rings is 1. The number of allylic oxidation sites excluding steroid dienone is 1. The van der Waals surface area contributed by atoms with E-state index in [0.717, 1.165) is 37.1 Å². The number of amides is 1. The lowest BCUT2D eigenvalue weighted by Gasteiger charge is -2.34. The zero-order valence-electron chi connectivity index (χ0n) is 20.1. The van der Waals surface area contributed by atoms with Gasteiger partial charge in [0.2, 0.25) is 0 Å². The van der Waals surface area contributed by atoms with E-state index in [9.17, 15) is 4.79 Å². The number of carbonyl (C=O) groups excluding carboxylic acids is 1. The molecule has 0 bridgehead atoms. The fourth-order valence-corrected chi connectivity index (χ4v) is 4.23. The number of hydrogen-bond donors (Lipinski definition) is 2. The van der Waals surface area contributed by atoms with Crippen molar-refractivity contribution in [1.82, 2.24) is 10.2 Å². The summed E-state index contributed by atoms with van der Waals surface area (Å²) in [4.78, 5) is 18.1. The Bertz CT molecular complexity index is 872. The fraction of sp³-hybridized carbons (Fsp3) is 0.538. The zero-order valence-corrected chi connectivity index (χ0v) is 20.1. The van der Waals surface area contributed by atoms with Crippen molar-refractivity contribution in [3.8, 4) is 0 Å². The van der Waals surface area contributed by atoms with Crippen LogP contribution in [0.2, 0.25) is 0 Å². The third-order valence-corrected chi connectivity index (χ3v) is 6.06. The Kier molecular flexibility index (Phi) is 7.77. The average Bonchev–Trinajstić information content (AvgIpc) is 3.51. The first-order chi connectivity index (χ1) is 15.2. The molecular formula is C26H38N4O2. The van der Waals surface area contributed by atoms with E-state index in [0.29, 0.717) is 18.0 Å². The molecule has 1 unspecified atom stereocenters. The maximum atomic E-state index is 12.2. The second-order valence-electron chi connectivity index (χ2n) is 9.88. The lowest BCUT2D eigenvalue weighted by molar-refractivity contribution is 0.0198. The molecular weight excluding hydrogens is 400 g/mol. The number of hydrogen-bond acceptors (Lipinski definition) is 5. The molecule has 174 valence electrons. The number of carbonyl (C=O) groups is 1. The molecule has 1 aliphatic heterocycles. The van der Waals surface area contributed by atoms with E-state index in [1.165, 1.54) is 17.6 Å². The molecule has 1 saturated heterocycles. The van der Waals surface area contributed by atoms with Gasteiger partial charge in [0.15, 0.2) is 0 Å². The highest BCUT2D eigenvalue weighted by molar-refractivity contribution is 6.09. The summed E-state index contributed by atoms with van der Waals surface area (Å²) >= 11 is 0. The van der Waals surface area contributed by atoms with Gasteiger partial charge in [-0.3, -0.25) is 4.99 Å². The summed E-state index contributed by atoms with van der Waals surface area (Å²) < 4.78 is 5.49. The SMILES string of the molecule is CN=CC(=CN)c1ccc(/C=C(\C)[C@@H]2CC2NC2CCN(C(=O)OC(C)(C)C)CC2)cc1. The van der Waals surface area contributed by atoms with Gasteiger partial charge in [-0.15, -0.1) is 0 Å². The topological polar surface area (TPSA) is 80.0 Å². The second-order valence-corrected chi connectivity index (χ2v) is 9.88. The van der Waals surface area contributed by atoms with Gasteiger partial charge in [-0.1, -0.05) is 35.9 Å². The second kappa shape index (κ2) is 10.3. The third kappa shape index (κ3) is 6.70. The number of ether oxygens (including phenoxy) is 1. The van der Waals surface area contributed by atoms with Crippen LogP contribution < -0.4 is 11.1 Å². The van der Waals surface area contributed by atoms with Crippen LogP contribution in [0.4, 0.5) is 4.79 Å². The van der Waals surface area contributed by atoms with Crippen molar-refractivity contribution in [1.29, 1.82) is 0 Å². The first-order valence-electron chi connectivity index (χ1n) is 11.6. The normalized spacial score (nSPS) is 23.0. The third-order valence-electron chi connectivity index (χ3n) is 6.06. The van der Waals surface area contributed by atoms with Crippen LogP contribution in [0.3, 0.4) is 0 Å². The Morgan fingerprint density at radius 1 is 1.22 bits per heavy atom. The number of nitrogens with two attached hydrogens (primary N) is 1. The van der Waals surface area contributed by atoms with Gasteiger partial charge in [0.1, 0.15) is 5.60 Å². The fourth-order valence-electron chi connectivity index (χ4n) is 4.23. The van der Waals surface area contributed by atoms with E-state index in [1.807, 2.05) is 25.7 Å². The monoisotopic (exact) mass is 438 g/mol. The molecule has 32 heavy (non-hydrogen) atoms. The predicted molar refractivity (Wildman–Crippen MR) is 133 cm³/mol. The number of likely N-dealkylation sites (tertiary alicyclic amines) is 1. The Labute approximate surface area is 192 Å². The maximum Gasteiger partial charge on any atom is 0.410 e. The van der Waals surface area contributed by atoms with E-state index in [-0.39, 0.29) is 6.09 Å². The zero-order chi connectivity index (χ0) is 23.3. The molecule has 6 heteroatoms. The molecule has 0 aromatic heterocycles. The van der Waals surface area contributed by atoms with Gasteiger partial charge in [-0.25, -0.2) is 4.79 Å². The first-order valence-corrected chi connectivity index (χ1v) is 11.6. The summed E-state index contributed by atoms with van der Waals surface area (Å²) in [5.74, 6) is 0.588. The molecule has 1 heterocycles. The molecule has 3 rings (SSSR count). The van der Waals surface area contributed by atoms with Gasteiger partial charge < -0.3 is 20.7 Å². The van der Waals surface area contributed by atoms with Crippen molar-refractivity contribution < 1.29 is 9.53 Å². The molecule has 3 N–H and O–H groups in total. The molecule has 2 fully saturated rings. The number of nitrogens with one attached hydrogen (secondary N) is 1. The highest BCUT2D eigenvalue weighted by Gasteiger charge is 2.40. The Morgan fingerprint density at radius 2 is 1.88 bits per heavy atom. The van der Waals surface area contributed by atoms with Crippen molar-refractivity contribution in [2.75, 3.05) is 20.1 Å². The summed E-state index contributed by atoms with van der Waals surface area (Å²) in [6.07, 6.45) is 8.58. The number of rotatable bonds is 6. The van der Waals surface area contributed by atoms with Crippen molar-refractivity contribution in [3.63, 3.8) is 0 Å². The quantitative estimate of drug-likeness (QED) is 0.642.